The first-order valence-electron chi connectivity index (χ1n) is 10.2. The van der Waals surface area contributed by atoms with Gasteiger partial charge in [-0.1, -0.05) is 30.3 Å². The summed E-state index contributed by atoms with van der Waals surface area (Å²) in [4.78, 5) is 16.3. The molecule has 0 atom stereocenters. The summed E-state index contributed by atoms with van der Waals surface area (Å²) in [5.41, 5.74) is 2.83. The molecule has 0 aromatic heterocycles. The van der Waals surface area contributed by atoms with Gasteiger partial charge in [0.05, 0.1) is 6.61 Å². The van der Waals surface area contributed by atoms with Crippen LogP contribution in [0.4, 0.5) is 0 Å². The van der Waals surface area contributed by atoms with Crippen LogP contribution in [0.25, 0.3) is 0 Å². The fraction of sp³-hybridized carbons (Fsp3) is 0.391. The highest BCUT2D eigenvalue weighted by Crippen LogP contribution is 2.20. The molecule has 3 N–H and O–H groups in total. The molecule has 0 aliphatic heterocycles. The molecule has 2 aromatic carbocycles. The highest BCUT2D eigenvalue weighted by molar-refractivity contribution is 14.0. The number of carbonyl (C=O) groups is 1. The van der Waals surface area contributed by atoms with Gasteiger partial charge in [0, 0.05) is 44.4 Å². The molecule has 170 valence electrons. The number of nitrogens with zero attached hydrogens (tertiary/aromatic N) is 1. The highest BCUT2D eigenvalue weighted by atomic mass is 127. The molecule has 0 saturated carbocycles. The van der Waals surface area contributed by atoms with Gasteiger partial charge in [0.25, 0.3) is 5.91 Å². The van der Waals surface area contributed by atoms with E-state index in [1.807, 2.05) is 44.2 Å². The van der Waals surface area contributed by atoms with Crippen molar-refractivity contribution >= 4 is 35.8 Å². The lowest BCUT2D eigenvalue weighted by molar-refractivity contribution is 0.0954. The topological polar surface area (TPSA) is 84.0 Å². The van der Waals surface area contributed by atoms with Crippen molar-refractivity contribution in [3.63, 3.8) is 0 Å². The van der Waals surface area contributed by atoms with Crippen molar-refractivity contribution < 1.29 is 14.3 Å². The Morgan fingerprint density at radius 3 is 2.45 bits per heavy atom. The molecule has 0 radical (unpaired) electrons. The van der Waals surface area contributed by atoms with Crippen LogP contribution in [0.2, 0.25) is 0 Å². The number of carbonyl (C=O) groups excluding carboxylic acids is 1. The maximum atomic E-state index is 12.1. The lowest BCUT2D eigenvalue weighted by Gasteiger charge is -2.16. The monoisotopic (exact) mass is 540 g/mol. The summed E-state index contributed by atoms with van der Waals surface area (Å²) in [6, 6.07) is 15.3. The minimum atomic E-state index is -0.0890. The summed E-state index contributed by atoms with van der Waals surface area (Å²) in [6.45, 7) is 7.38. The normalized spacial score (nSPS) is 10.7. The van der Waals surface area contributed by atoms with E-state index in [1.165, 1.54) is 0 Å². The average Bonchev–Trinajstić information content (AvgIpc) is 2.77. The zero-order valence-corrected chi connectivity index (χ0v) is 20.8. The van der Waals surface area contributed by atoms with Crippen molar-refractivity contribution in [2.45, 2.75) is 20.4 Å². The molecule has 1 amide bonds. The summed E-state index contributed by atoms with van der Waals surface area (Å²) < 4.78 is 11.2. The van der Waals surface area contributed by atoms with Crippen LogP contribution in [0.5, 0.6) is 5.75 Å². The van der Waals surface area contributed by atoms with E-state index in [1.54, 1.807) is 19.2 Å². The van der Waals surface area contributed by atoms with Crippen LogP contribution in [-0.2, 0) is 11.3 Å². The van der Waals surface area contributed by atoms with Gasteiger partial charge >= 0.3 is 0 Å². The molecule has 8 heteroatoms. The van der Waals surface area contributed by atoms with Crippen LogP contribution in [-0.4, -0.2) is 51.8 Å². The summed E-state index contributed by atoms with van der Waals surface area (Å²) in [7, 11) is 1.71. The highest BCUT2D eigenvalue weighted by Gasteiger charge is 2.07. The van der Waals surface area contributed by atoms with Gasteiger partial charge in [-0.05, 0) is 37.6 Å². The van der Waals surface area contributed by atoms with E-state index in [9.17, 15) is 4.79 Å². The number of amides is 1. The number of halogens is 1. The van der Waals surface area contributed by atoms with Gasteiger partial charge in [0.15, 0.2) is 5.96 Å². The summed E-state index contributed by atoms with van der Waals surface area (Å²) in [5, 5.41) is 9.37. The molecule has 0 unspecified atom stereocenters. The van der Waals surface area contributed by atoms with Crippen LogP contribution in [0, 0.1) is 6.92 Å². The Balaban J connectivity index is 0.00000480. The summed E-state index contributed by atoms with van der Waals surface area (Å²) >= 11 is 0. The van der Waals surface area contributed by atoms with Crippen molar-refractivity contribution in [3.8, 4) is 5.75 Å². The molecule has 2 aromatic rings. The van der Waals surface area contributed by atoms with Crippen LogP contribution >= 0.6 is 24.0 Å². The smallest absolute Gasteiger partial charge is 0.251 e. The quantitative estimate of drug-likeness (QED) is 0.177. The molecular weight excluding hydrogens is 507 g/mol. The minimum absolute atomic E-state index is 0. The number of rotatable bonds is 11. The number of aryl methyl sites for hydroxylation is 1. The van der Waals surface area contributed by atoms with Crippen molar-refractivity contribution in [1.82, 2.24) is 16.0 Å². The van der Waals surface area contributed by atoms with Gasteiger partial charge in [-0.15, -0.1) is 24.0 Å². The molecule has 31 heavy (non-hydrogen) atoms. The van der Waals surface area contributed by atoms with Crippen molar-refractivity contribution in [2.75, 3.05) is 40.0 Å². The zero-order valence-electron chi connectivity index (χ0n) is 18.4. The van der Waals surface area contributed by atoms with Gasteiger partial charge in [0.1, 0.15) is 12.4 Å². The second kappa shape index (κ2) is 15.5. The van der Waals surface area contributed by atoms with E-state index in [4.69, 9.17) is 9.47 Å². The first-order valence-corrected chi connectivity index (χ1v) is 10.2. The Kier molecular flexibility index (Phi) is 13.3. The third-order valence-corrected chi connectivity index (χ3v) is 4.32. The average molecular weight is 540 g/mol. The first-order chi connectivity index (χ1) is 14.6. The van der Waals surface area contributed by atoms with Gasteiger partial charge in [-0.2, -0.15) is 0 Å². The molecule has 0 heterocycles. The number of benzene rings is 2. The van der Waals surface area contributed by atoms with E-state index < -0.39 is 0 Å². The van der Waals surface area contributed by atoms with E-state index in [2.05, 4.69) is 27.0 Å². The third-order valence-electron chi connectivity index (χ3n) is 4.32. The predicted octanol–water partition coefficient (Wildman–Crippen LogP) is 3.12. The van der Waals surface area contributed by atoms with Crippen molar-refractivity contribution in [2.24, 2.45) is 4.99 Å². The SMILES string of the molecule is CCOCCOc1cc(C)ccc1CNC(=NC)NCCNC(=O)c1ccccc1.I. The van der Waals surface area contributed by atoms with E-state index in [0.717, 1.165) is 16.9 Å². The van der Waals surface area contributed by atoms with Gasteiger partial charge in [-0.25, -0.2) is 0 Å². The number of hydrogen-bond acceptors (Lipinski definition) is 4. The molecule has 0 aliphatic rings. The maximum Gasteiger partial charge on any atom is 0.251 e. The molecule has 7 nitrogen and oxygen atoms in total. The fourth-order valence-electron chi connectivity index (χ4n) is 2.75. The van der Waals surface area contributed by atoms with Gasteiger partial charge < -0.3 is 25.4 Å². The summed E-state index contributed by atoms with van der Waals surface area (Å²) in [5.74, 6) is 1.41. The number of nitrogens with one attached hydrogen (secondary N) is 3. The standard InChI is InChI=1S/C23H32N4O3.HI/c1-4-29-14-15-30-21-16-18(2)10-11-20(21)17-27-23(24-3)26-13-12-25-22(28)19-8-6-5-7-9-19;/h5-11,16H,4,12-15,17H2,1-3H3,(H,25,28)(H2,24,26,27);1H. The fourth-order valence-corrected chi connectivity index (χ4v) is 2.75. The largest absolute Gasteiger partial charge is 0.491 e. The lowest BCUT2D eigenvalue weighted by atomic mass is 10.1. The second-order valence-electron chi connectivity index (χ2n) is 6.63. The Labute approximate surface area is 202 Å². The van der Waals surface area contributed by atoms with Crippen LogP contribution in [0.15, 0.2) is 53.5 Å². The molecule has 0 bridgehead atoms. The molecule has 2 rings (SSSR count). The van der Waals surface area contributed by atoms with Crippen LogP contribution in [0.3, 0.4) is 0 Å². The summed E-state index contributed by atoms with van der Waals surface area (Å²) in [6.07, 6.45) is 0. The maximum absolute atomic E-state index is 12.1. The number of guanidine groups is 1. The third kappa shape index (κ3) is 10.0. The molecule has 0 saturated heterocycles. The Bertz CT molecular complexity index is 816. The van der Waals surface area contributed by atoms with Crippen molar-refractivity contribution in [3.05, 3.63) is 65.2 Å². The Morgan fingerprint density at radius 2 is 1.74 bits per heavy atom. The molecule has 0 aliphatic carbocycles. The first kappa shape index (κ1) is 26.7. The molecule has 0 fully saturated rings. The van der Waals surface area contributed by atoms with Gasteiger partial charge in [-0.3, -0.25) is 9.79 Å². The van der Waals surface area contributed by atoms with Gasteiger partial charge in [0.2, 0.25) is 0 Å². The minimum Gasteiger partial charge on any atom is -0.491 e. The number of hydrogen-bond donors (Lipinski definition) is 3. The molecular formula is C23H33IN4O3. The number of aliphatic imine (C=N–C) groups is 1. The van der Waals surface area contributed by atoms with Crippen molar-refractivity contribution in [1.29, 1.82) is 0 Å². The second-order valence-corrected chi connectivity index (χ2v) is 6.63. The van der Waals surface area contributed by atoms with Crippen LogP contribution < -0.4 is 20.7 Å². The predicted molar refractivity (Wildman–Crippen MR) is 136 cm³/mol. The van der Waals surface area contributed by atoms with E-state index in [0.29, 0.717) is 51.0 Å². The van der Waals surface area contributed by atoms with Crippen LogP contribution in [0.1, 0.15) is 28.4 Å². The lowest BCUT2D eigenvalue weighted by Crippen LogP contribution is -2.41. The Morgan fingerprint density at radius 1 is 1.00 bits per heavy atom. The Hall–Kier alpha value is -2.33. The zero-order chi connectivity index (χ0) is 21.6. The van der Waals surface area contributed by atoms with E-state index >= 15 is 0 Å². The van der Waals surface area contributed by atoms with E-state index in [-0.39, 0.29) is 29.9 Å². The molecule has 0 spiro atoms. The number of ether oxygens (including phenoxy) is 2.